The molecule has 2 aromatic carbocycles. The van der Waals surface area contributed by atoms with E-state index in [1.165, 1.54) is 42.5 Å². The van der Waals surface area contributed by atoms with Crippen LogP contribution in [-0.4, -0.2) is 13.4 Å². The van der Waals surface area contributed by atoms with Gasteiger partial charge in [-0.1, -0.05) is 0 Å². The lowest BCUT2D eigenvalue weighted by atomic mass is 10.2. The number of aromatic amines is 1. The van der Waals surface area contributed by atoms with E-state index in [1.54, 1.807) is 0 Å². The Morgan fingerprint density at radius 1 is 1.14 bits per heavy atom. The number of benzene rings is 2. The Bertz CT molecular complexity index is 1040. The Morgan fingerprint density at radius 3 is 2.55 bits per heavy atom. The Kier molecular flexibility index (Phi) is 3.19. The zero-order valence-corrected chi connectivity index (χ0v) is 11.8. The molecule has 22 heavy (non-hydrogen) atoms. The number of nitriles is 1. The van der Waals surface area contributed by atoms with Crippen LogP contribution in [0.3, 0.4) is 0 Å². The maximum atomic E-state index is 12.3. The topological polar surface area (TPSA) is 116 Å². The molecule has 0 radical (unpaired) electrons. The second-order valence-corrected chi connectivity index (χ2v) is 6.15. The molecule has 1 aromatic heterocycles. The molecule has 0 bridgehead atoms. The number of nitrogens with one attached hydrogen (secondary N) is 2. The molecule has 0 saturated heterocycles. The number of anilines is 1. The molecule has 1 heterocycles. The molecule has 0 amide bonds. The molecule has 3 rings (SSSR count). The van der Waals surface area contributed by atoms with Crippen LogP contribution in [0, 0.1) is 11.3 Å². The summed E-state index contributed by atoms with van der Waals surface area (Å²) in [5.41, 5.74) is 1.34. The van der Waals surface area contributed by atoms with Crippen molar-refractivity contribution in [3.63, 3.8) is 0 Å². The number of rotatable bonds is 3. The predicted octanol–water partition coefficient (Wildman–Crippen LogP) is 1.79. The number of fused-ring (bicyclic) bond motifs is 1. The van der Waals surface area contributed by atoms with Crippen molar-refractivity contribution in [2.45, 2.75) is 4.90 Å². The van der Waals surface area contributed by atoms with Crippen LogP contribution in [0.1, 0.15) is 5.56 Å². The first kappa shape index (κ1) is 13.9. The molecule has 0 spiro atoms. The minimum absolute atomic E-state index is 0.0126. The Hall–Kier alpha value is -3.05. The van der Waals surface area contributed by atoms with Gasteiger partial charge in [0.1, 0.15) is 0 Å². The van der Waals surface area contributed by atoms with Gasteiger partial charge in [-0.3, -0.25) is 9.71 Å². The highest BCUT2D eigenvalue weighted by Crippen LogP contribution is 2.20. The summed E-state index contributed by atoms with van der Waals surface area (Å²) in [6.45, 7) is 0. The van der Waals surface area contributed by atoms with E-state index < -0.39 is 15.8 Å². The van der Waals surface area contributed by atoms with Crippen molar-refractivity contribution in [2.24, 2.45) is 0 Å². The number of hydrogen-bond donors (Lipinski definition) is 2. The quantitative estimate of drug-likeness (QED) is 0.764. The first-order chi connectivity index (χ1) is 10.5. The molecule has 8 heteroatoms. The maximum Gasteiger partial charge on any atom is 0.417 e. The van der Waals surface area contributed by atoms with E-state index in [9.17, 15) is 13.2 Å². The van der Waals surface area contributed by atoms with Crippen LogP contribution >= 0.6 is 0 Å². The normalized spacial score (nSPS) is 11.2. The Labute approximate surface area is 124 Å². The molecule has 7 nitrogen and oxygen atoms in total. The monoisotopic (exact) mass is 315 g/mol. The molecule has 0 unspecified atom stereocenters. The minimum atomic E-state index is -3.81. The van der Waals surface area contributed by atoms with Crippen LogP contribution < -0.4 is 10.5 Å². The van der Waals surface area contributed by atoms with Gasteiger partial charge in [0.05, 0.1) is 22.0 Å². The van der Waals surface area contributed by atoms with Crippen molar-refractivity contribution in [1.82, 2.24) is 4.98 Å². The van der Waals surface area contributed by atoms with E-state index in [4.69, 9.17) is 9.68 Å². The molecule has 0 aliphatic carbocycles. The van der Waals surface area contributed by atoms with Crippen molar-refractivity contribution in [2.75, 3.05) is 4.72 Å². The summed E-state index contributed by atoms with van der Waals surface area (Å²) < 4.78 is 31.8. The van der Waals surface area contributed by atoms with E-state index >= 15 is 0 Å². The van der Waals surface area contributed by atoms with Gasteiger partial charge in [0.2, 0.25) is 0 Å². The van der Waals surface area contributed by atoms with Gasteiger partial charge in [-0.05, 0) is 42.5 Å². The van der Waals surface area contributed by atoms with Crippen molar-refractivity contribution in [1.29, 1.82) is 5.26 Å². The van der Waals surface area contributed by atoms with Crippen molar-refractivity contribution in [3.05, 3.63) is 58.6 Å². The first-order valence-corrected chi connectivity index (χ1v) is 7.62. The van der Waals surface area contributed by atoms with Gasteiger partial charge >= 0.3 is 5.76 Å². The van der Waals surface area contributed by atoms with Crippen molar-refractivity contribution >= 4 is 26.8 Å². The van der Waals surface area contributed by atoms with Crippen LogP contribution in [0.15, 0.2) is 56.6 Å². The fraction of sp³-hybridized carbons (Fsp3) is 0. The Morgan fingerprint density at radius 2 is 1.86 bits per heavy atom. The van der Waals surface area contributed by atoms with Gasteiger partial charge in [0, 0.05) is 5.69 Å². The third-order valence-electron chi connectivity index (χ3n) is 2.97. The van der Waals surface area contributed by atoms with E-state index in [-0.39, 0.29) is 10.5 Å². The van der Waals surface area contributed by atoms with Gasteiger partial charge in [-0.25, -0.2) is 13.2 Å². The van der Waals surface area contributed by atoms with Crippen LogP contribution in [0.5, 0.6) is 0 Å². The highest BCUT2D eigenvalue weighted by molar-refractivity contribution is 7.92. The lowest BCUT2D eigenvalue weighted by Crippen LogP contribution is -2.12. The standard InChI is InChI=1S/C14H9N3O4S/c15-8-9-1-3-10(4-2-9)17-22(19,20)11-5-6-13-12(7-11)16-14(18)21-13/h1-7,17H,(H,16,18). The average molecular weight is 315 g/mol. The third-order valence-corrected chi connectivity index (χ3v) is 4.35. The molecule has 110 valence electrons. The highest BCUT2D eigenvalue weighted by atomic mass is 32.2. The lowest BCUT2D eigenvalue weighted by molar-refractivity contribution is 0.555. The molecular formula is C14H9N3O4S. The van der Waals surface area contributed by atoms with Gasteiger partial charge in [0.15, 0.2) is 5.58 Å². The van der Waals surface area contributed by atoms with Crippen LogP contribution in [-0.2, 0) is 10.0 Å². The summed E-state index contributed by atoms with van der Waals surface area (Å²) in [6.07, 6.45) is 0. The predicted molar refractivity (Wildman–Crippen MR) is 78.8 cm³/mol. The third kappa shape index (κ3) is 2.57. The largest absolute Gasteiger partial charge is 0.417 e. The number of aromatic nitrogens is 1. The SMILES string of the molecule is N#Cc1ccc(NS(=O)(=O)c2ccc3oc(=O)[nH]c3c2)cc1. The summed E-state index contributed by atoms with van der Waals surface area (Å²) in [7, 11) is -3.81. The molecule has 2 N–H and O–H groups in total. The highest BCUT2D eigenvalue weighted by Gasteiger charge is 2.16. The second kappa shape index (κ2) is 5.05. The van der Waals surface area contributed by atoms with E-state index in [0.29, 0.717) is 16.8 Å². The number of hydrogen-bond acceptors (Lipinski definition) is 5. The lowest BCUT2D eigenvalue weighted by Gasteiger charge is -2.07. The first-order valence-electron chi connectivity index (χ1n) is 6.14. The molecule has 0 aliphatic rings. The van der Waals surface area contributed by atoms with Crippen LogP contribution in [0.25, 0.3) is 11.1 Å². The summed E-state index contributed by atoms with van der Waals surface area (Å²) in [5, 5.41) is 8.72. The second-order valence-electron chi connectivity index (χ2n) is 4.47. The number of sulfonamides is 1. The molecular weight excluding hydrogens is 306 g/mol. The van der Waals surface area contributed by atoms with Crippen LogP contribution in [0.4, 0.5) is 5.69 Å². The Balaban J connectivity index is 1.96. The van der Waals surface area contributed by atoms with E-state index in [0.717, 1.165) is 0 Å². The molecule has 0 saturated carbocycles. The zero-order valence-electron chi connectivity index (χ0n) is 11.0. The zero-order chi connectivity index (χ0) is 15.7. The smallest absolute Gasteiger partial charge is 0.408 e. The minimum Gasteiger partial charge on any atom is -0.408 e. The summed E-state index contributed by atoms with van der Waals surface area (Å²) in [6, 6.07) is 12.0. The fourth-order valence-electron chi connectivity index (χ4n) is 1.93. The van der Waals surface area contributed by atoms with Gasteiger partial charge < -0.3 is 4.42 Å². The van der Waals surface area contributed by atoms with E-state index in [1.807, 2.05) is 6.07 Å². The summed E-state index contributed by atoms with van der Waals surface area (Å²) >= 11 is 0. The summed E-state index contributed by atoms with van der Waals surface area (Å²) in [4.78, 5) is 13.5. The fourth-order valence-corrected chi connectivity index (χ4v) is 3.01. The summed E-state index contributed by atoms with van der Waals surface area (Å²) in [5.74, 6) is -0.649. The number of H-pyrrole nitrogens is 1. The number of oxazole rings is 1. The van der Waals surface area contributed by atoms with Gasteiger partial charge in [-0.15, -0.1) is 0 Å². The van der Waals surface area contributed by atoms with Crippen molar-refractivity contribution in [3.8, 4) is 6.07 Å². The molecule has 0 fully saturated rings. The maximum absolute atomic E-state index is 12.3. The molecule has 0 aliphatic heterocycles. The van der Waals surface area contributed by atoms with Gasteiger partial charge in [-0.2, -0.15) is 5.26 Å². The van der Waals surface area contributed by atoms with Crippen LogP contribution in [0.2, 0.25) is 0 Å². The van der Waals surface area contributed by atoms with Crippen molar-refractivity contribution < 1.29 is 12.8 Å². The molecule has 0 atom stereocenters. The van der Waals surface area contributed by atoms with E-state index in [2.05, 4.69) is 9.71 Å². The van der Waals surface area contributed by atoms with Gasteiger partial charge in [0.25, 0.3) is 10.0 Å². The molecule has 3 aromatic rings. The average Bonchev–Trinajstić information content (AvgIpc) is 2.86. The number of nitrogens with zero attached hydrogens (tertiary/aromatic N) is 1.